The second-order valence-corrected chi connectivity index (χ2v) is 8.11. The van der Waals surface area contributed by atoms with E-state index in [1.54, 1.807) is 7.05 Å². The van der Waals surface area contributed by atoms with Gasteiger partial charge in [0.25, 0.3) is 11.5 Å². The Morgan fingerprint density at radius 3 is 2.76 bits per heavy atom. The number of aromatic nitrogens is 3. The Bertz CT molecular complexity index is 1440. The lowest BCUT2D eigenvalue weighted by molar-refractivity contribution is 0.0747. The molecule has 2 aliphatic rings. The maximum absolute atomic E-state index is 13.6. The molecule has 0 aliphatic carbocycles. The molecule has 5 rings (SSSR count). The first-order valence-electron chi connectivity index (χ1n) is 9.92. The van der Waals surface area contributed by atoms with Crippen molar-refractivity contribution in [3.05, 3.63) is 56.3 Å². The number of hydrogen-bond donors (Lipinski definition) is 3. The highest BCUT2D eigenvalue weighted by Crippen LogP contribution is 2.34. The molecule has 3 amide bonds. The van der Waals surface area contributed by atoms with Crippen LogP contribution in [0.25, 0.3) is 10.9 Å². The molecule has 0 fully saturated rings. The normalized spacial score (nSPS) is 16.1. The molecule has 3 N–H and O–H groups in total. The molecule has 0 radical (unpaired) electrons. The van der Waals surface area contributed by atoms with Crippen LogP contribution in [0.5, 0.6) is 5.75 Å². The van der Waals surface area contributed by atoms with E-state index >= 15 is 0 Å². The maximum atomic E-state index is 13.6. The first kappa shape index (κ1) is 21.1. The molecule has 0 saturated heterocycles. The Balaban J connectivity index is 1.79. The van der Waals surface area contributed by atoms with Crippen LogP contribution in [0.2, 0.25) is 5.02 Å². The van der Waals surface area contributed by atoms with Crippen LogP contribution in [0, 0.1) is 5.82 Å². The minimum atomic E-state index is -0.655. The van der Waals surface area contributed by atoms with Crippen molar-refractivity contribution in [1.29, 1.82) is 0 Å². The summed E-state index contributed by atoms with van der Waals surface area (Å²) in [5.41, 5.74) is 5.44. The van der Waals surface area contributed by atoms with Crippen LogP contribution in [0.1, 0.15) is 21.7 Å². The first-order valence-corrected chi connectivity index (χ1v) is 10.3. The molecule has 13 heteroatoms. The van der Waals surface area contributed by atoms with Crippen LogP contribution in [0.3, 0.4) is 0 Å². The van der Waals surface area contributed by atoms with Gasteiger partial charge in [-0.05, 0) is 17.7 Å². The molecule has 4 heterocycles. The van der Waals surface area contributed by atoms with Crippen LogP contribution in [0.15, 0.2) is 28.0 Å². The number of urea groups is 1. The molecule has 2 aliphatic heterocycles. The van der Waals surface area contributed by atoms with Gasteiger partial charge >= 0.3 is 6.03 Å². The fourth-order valence-electron chi connectivity index (χ4n) is 4.01. The van der Waals surface area contributed by atoms with E-state index in [-0.39, 0.29) is 46.1 Å². The number of fused-ring (bicyclic) bond motifs is 3. The molecule has 0 atom stereocenters. The van der Waals surface area contributed by atoms with Crippen LogP contribution < -0.4 is 16.4 Å². The number of amides is 3. The summed E-state index contributed by atoms with van der Waals surface area (Å²) in [6.45, 7) is 0.677. The number of nitrogens with zero attached hydrogens (tertiary/aromatic N) is 5. The number of hydrazine groups is 1. The van der Waals surface area contributed by atoms with E-state index in [4.69, 9.17) is 11.6 Å². The smallest absolute Gasteiger partial charge is 0.355 e. The van der Waals surface area contributed by atoms with Crippen molar-refractivity contribution in [3.8, 4) is 5.75 Å². The monoisotopic (exact) mass is 473 g/mol. The molecule has 0 unspecified atom stereocenters. The highest BCUT2D eigenvalue weighted by atomic mass is 35.5. The van der Waals surface area contributed by atoms with Crippen molar-refractivity contribution in [2.75, 3.05) is 20.1 Å². The largest absolute Gasteiger partial charge is 0.505 e. The van der Waals surface area contributed by atoms with Crippen molar-refractivity contribution in [3.63, 3.8) is 0 Å². The van der Waals surface area contributed by atoms with Gasteiger partial charge < -0.3 is 14.6 Å². The lowest BCUT2D eigenvalue weighted by Gasteiger charge is -2.25. The Kier molecular flexibility index (Phi) is 4.91. The predicted molar refractivity (Wildman–Crippen MR) is 116 cm³/mol. The van der Waals surface area contributed by atoms with Gasteiger partial charge in [0.15, 0.2) is 11.4 Å². The molecule has 2 aromatic heterocycles. The van der Waals surface area contributed by atoms with Crippen LogP contribution in [0.4, 0.5) is 9.18 Å². The number of rotatable bonds is 3. The van der Waals surface area contributed by atoms with Gasteiger partial charge in [0, 0.05) is 20.1 Å². The number of nitrogens with one attached hydrogen (secondary N) is 2. The minimum Gasteiger partial charge on any atom is -0.505 e. The third-order valence-corrected chi connectivity index (χ3v) is 5.91. The topological polar surface area (TPSA) is 134 Å². The number of carbonyl (C=O) groups is 2. The van der Waals surface area contributed by atoms with E-state index in [9.17, 15) is 23.9 Å². The summed E-state index contributed by atoms with van der Waals surface area (Å²) < 4.78 is 16.2. The number of aliphatic imine (C=N–C) groups is 1. The molecule has 0 bridgehead atoms. The lowest BCUT2D eigenvalue weighted by Crippen LogP contribution is -2.45. The molecule has 33 heavy (non-hydrogen) atoms. The molecule has 0 saturated carbocycles. The highest BCUT2D eigenvalue weighted by Gasteiger charge is 2.34. The number of benzene rings is 1. The van der Waals surface area contributed by atoms with E-state index in [0.717, 1.165) is 4.68 Å². The number of halogens is 2. The van der Waals surface area contributed by atoms with E-state index in [1.165, 1.54) is 27.7 Å². The van der Waals surface area contributed by atoms with Crippen molar-refractivity contribution < 1.29 is 19.1 Å². The van der Waals surface area contributed by atoms with Crippen LogP contribution in [-0.2, 0) is 13.1 Å². The van der Waals surface area contributed by atoms with Gasteiger partial charge in [-0.3, -0.25) is 15.0 Å². The molecular formula is C20H17ClFN7O4. The van der Waals surface area contributed by atoms with Gasteiger partial charge in [-0.15, -0.1) is 0 Å². The van der Waals surface area contributed by atoms with Gasteiger partial charge in [-0.25, -0.2) is 19.3 Å². The summed E-state index contributed by atoms with van der Waals surface area (Å²) in [7, 11) is 1.60. The van der Waals surface area contributed by atoms with Gasteiger partial charge in [0.2, 0.25) is 0 Å². The SMILES string of the molecule is CN1CCn2c(c(O)c3c(=O)n(Cc4ccc(F)c(Cl)c4)nc(C4=NC(=O)NNC4)c32)C1=O. The van der Waals surface area contributed by atoms with Crippen LogP contribution >= 0.6 is 11.6 Å². The first-order chi connectivity index (χ1) is 15.8. The van der Waals surface area contributed by atoms with E-state index < -0.39 is 29.1 Å². The zero-order valence-corrected chi connectivity index (χ0v) is 18.0. The zero-order chi connectivity index (χ0) is 23.4. The summed E-state index contributed by atoms with van der Waals surface area (Å²) in [5.74, 6) is -1.51. The summed E-state index contributed by atoms with van der Waals surface area (Å²) in [4.78, 5) is 43.4. The molecule has 0 spiro atoms. The molecule has 11 nitrogen and oxygen atoms in total. The van der Waals surface area contributed by atoms with Crippen LogP contribution in [-0.4, -0.2) is 62.1 Å². The number of carbonyl (C=O) groups excluding carboxylic acids is 2. The zero-order valence-electron chi connectivity index (χ0n) is 17.2. The maximum Gasteiger partial charge on any atom is 0.355 e. The van der Waals surface area contributed by atoms with Crippen molar-refractivity contribution in [2.24, 2.45) is 4.99 Å². The van der Waals surface area contributed by atoms with E-state index in [2.05, 4.69) is 20.9 Å². The third-order valence-electron chi connectivity index (χ3n) is 5.62. The second-order valence-electron chi connectivity index (χ2n) is 7.70. The summed E-state index contributed by atoms with van der Waals surface area (Å²) in [6, 6.07) is 3.34. The fraction of sp³-hybridized carbons (Fsp3) is 0.250. The van der Waals surface area contributed by atoms with E-state index in [0.29, 0.717) is 18.7 Å². The number of hydrogen-bond acceptors (Lipinski definition) is 6. The van der Waals surface area contributed by atoms with Gasteiger partial charge in [0.05, 0.1) is 29.3 Å². The average Bonchev–Trinajstić information content (AvgIpc) is 3.08. The quantitative estimate of drug-likeness (QED) is 0.516. The second kappa shape index (κ2) is 7.67. The summed E-state index contributed by atoms with van der Waals surface area (Å²) >= 11 is 5.87. The highest BCUT2D eigenvalue weighted by molar-refractivity contribution is 6.30. The standard InChI is InChI=1S/C20H17ClFN7O4/c1-27-4-5-28-15-13(17(30)16(28)19(27)32)18(31)29(8-9-2-3-11(22)10(21)6-9)26-14(15)12-7-23-25-20(33)24-12/h2-3,6,23,30H,4-5,7-8H2,1H3,(H,25,33). The average molecular weight is 474 g/mol. The van der Waals surface area contributed by atoms with Gasteiger partial charge in [0.1, 0.15) is 16.9 Å². The Labute approximate surface area is 190 Å². The van der Waals surface area contributed by atoms with Crippen molar-refractivity contribution in [1.82, 2.24) is 30.1 Å². The van der Waals surface area contributed by atoms with Gasteiger partial charge in [-0.2, -0.15) is 10.1 Å². The number of likely N-dealkylation sites (N-methyl/N-ethyl adjacent to an activating group) is 1. The lowest BCUT2D eigenvalue weighted by atomic mass is 10.1. The van der Waals surface area contributed by atoms with Gasteiger partial charge in [-0.1, -0.05) is 17.7 Å². The molecule has 3 aromatic rings. The minimum absolute atomic E-state index is 0.0321. The Morgan fingerprint density at radius 1 is 1.24 bits per heavy atom. The predicted octanol–water partition coefficient (Wildman–Crippen LogP) is 0.847. The van der Waals surface area contributed by atoms with Crippen molar-refractivity contribution >= 4 is 40.2 Å². The molecule has 1 aromatic carbocycles. The Hall–Kier alpha value is -3.77. The third kappa shape index (κ3) is 3.34. The van der Waals surface area contributed by atoms with Crippen molar-refractivity contribution in [2.45, 2.75) is 13.1 Å². The Morgan fingerprint density at radius 2 is 2.03 bits per heavy atom. The molecular weight excluding hydrogens is 457 g/mol. The number of aromatic hydroxyl groups is 1. The molecule has 170 valence electrons. The fourth-order valence-corrected chi connectivity index (χ4v) is 4.22. The summed E-state index contributed by atoms with van der Waals surface area (Å²) in [5, 5.41) is 15.1. The van der Waals surface area contributed by atoms with E-state index in [1.807, 2.05) is 0 Å². The summed E-state index contributed by atoms with van der Waals surface area (Å²) in [6.07, 6.45) is 0.